The number of ether oxygens (including phenoxy) is 2. The van der Waals surface area contributed by atoms with Crippen molar-refractivity contribution >= 4 is 29.7 Å². The van der Waals surface area contributed by atoms with Crippen LogP contribution in [0.1, 0.15) is 23.5 Å². The molecule has 0 saturated carbocycles. The molecule has 2 aliphatic rings. The molecule has 35 heavy (non-hydrogen) atoms. The van der Waals surface area contributed by atoms with Crippen molar-refractivity contribution in [2.75, 3.05) is 38.8 Å². The molecule has 2 amide bonds. The fraction of sp³-hybridized carbons (Fsp3) is 0.423. The van der Waals surface area contributed by atoms with Gasteiger partial charge in [-0.2, -0.15) is 11.8 Å². The number of carboxylic acid groups (broad SMARTS) is 1. The van der Waals surface area contributed by atoms with Crippen LogP contribution in [0, 0.1) is 5.92 Å². The molecule has 0 bridgehead atoms. The summed E-state index contributed by atoms with van der Waals surface area (Å²) in [5, 5.41) is 12.2. The van der Waals surface area contributed by atoms with Crippen molar-refractivity contribution in [1.29, 1.82) is 0 Å². The number of nitrogens with one attached hydrogen (secondary N) is 1. The SMILES string of the molecule is COC1CN(C(=O)[C@H](CCSC)NC(=O)OCC2c3ccccc3-c3ccccc32)CC1C(=O)O. The van der Waals surface area contributed by atoms with Crippen LogP contribution in [0.15, 0.2) is 48.5 Å². The van der Waals surface area contributed by atoms with Gasteiger partial charge in [-0.1, -0.05) is 48.5 Å². The Bertz CT molecular complexity index is 1050. The zero-order valence-electron chi connectivity index (χ0n) is 19.8. The van der Waals surface area contributed by atoms with E-state index in [4.69, 9.17) is 9.47 Å². The van der Waals surface area contributed by atoms with Gasteiger partial charge >= 0.3 is 12.1 Å². The zero-order valence-corrected chi connectivity index (χ0v) is 20.6. The van der Waals surface area contributed by atoms with Crippen LogP contribution in [0.4, 0.5) is 4.79 Å². The summed E-state index contributed by atoms with van der Waals surface area (Å²) in [7, 11) is 1.44. The molecule has 9 heteroatoms. The van der Waals surface area contributed by atoms with E-state index < -0.39 is 30.1 Å². The number of alkyl carbamates (subject to hydrolysis) is 1. The predicted molar refractivity (Wildman–Crippen MR) is 133 cm³/mol. The van der Waals surface area contributed by atoms with E-state index in [1.165, 1.54) is 12.0 Å². The van der Waals surface area contributed by atoms with Gasteiger partial charge in [0.05, 0.1) is 6.10 Å². The number of carbonyl (C=O) groups excluding carboxylic acids is 2. The van der Waals surface area contributed by atoms with Crippen LogP contribution in [-0.4, -0.2) is 78.9 Å². The van der Waals surface area contributed by atoms with Crippen LogP contribution < -0.4 is 5.32 Å². The molecular formula is C26H30N2O6S. The summed E-state index contributed by atoms with van der Waals surface area (Å²) < 4.78 is 10.9. The summed E-state index contributed by atoms with van der Waals surface area (Å²) in [6, 6.07) is 15.4. The van der Waals surface area contributed by atoms with Crippen molar-refractivity contribution in [2.24, 2.45) is 5.92 Å². The van der Waals surface area contributed by atoms with Crippen LogP contribution in [0.2, 0.25) is 0 Å². The van der Waals surface area contributed by atoms with Crippen LogP contribution in [0.25, 0.3) is 11.1 Å². The molecular weight excluding hydrogens is 468 g/mol. The van der Waals surface area contributed by atoms with E-state index >= 15 is 0 Å². The van der Waals surface area contributed by atoms with E-state index in [1.54, 1.807) is 11.8 Å². The number of likely N-dealkylation sites (tertiary alicyclic amines) is 1. The van der Waals surface area contributed by atoms with Crippen LogP contribution in [0.5, 0.6) is 0 Å². The van der Waals surface area contributed by atoms with Gasteiger partial charge in [-0.3, -0.25) is 9.59 Å². The number of carbonyl (C=O) groups is 3. The summed E-state index contributed by atoms with van der Waals surface area (Å²) in [6.45, 7) is 0.378. The standard InChI is InChI=1S/C26H30N2O6S/c1-33-23-14-28(13-20(23)25(30)31)24(29)22(11-12-35-2)27-26(32)34-15-21-18-9-5-3-7-16(18)17-8-4-6-10-19(17)21/h3-10,20-23H,11-15H2,1-2H3,(H,27,32)(H,30,31)/t20?,22-,23?/m0/s1. The average Bonchev–Trinajstić information content (AvgIpc) is 3.45. The molecule has 8 nitrogen and oxygen atoms in total. The third kappa shape index (κ3) is 5.31. The first kappa shape index (κ1) is 25.1. The molecule has 2 N–H and O–H groups in total. The first-order chi connectivity index (χ1) is 16.9. The smallest absolute Gasteiger partial charge is 0.407 e. The van der Waals surface area contributed by atoms with Crippen molar-refractivity contribution in [3.8, 4) is 11.1 Å². The molecule has 1 heterocycles. The van der Waals surface area contributed by atoms with Crippen LogP contribution >= 0.6 is 11.8 Å². The first-order valence-electron chi connectivity index (χ1n) is 11.6. The monoisotopic (exact) mass is 498 g/mol. The molecule has 1 saturated heterocycles. The molecule has 186 valence electrons. The van der Waals surface area contributed by atoms with Gasteiger partial charge in [-0.25, -0.2) is 4.79 Å². The quantitative estimate of drug-likeness (QED) is 0.547. The fourth-order valence-corrected chi connectivity index (χ4v) is 5.40. The van der Waals surface area contributed by atoms with Gasteiger partial charge in [0, 0.05) is 26.1 Å². The Morgan fingerprint density at radius 1 is 1.09 bits per heavy atom. The van der Waals surface area contributed by atoms with Crippen molar-refractivity contribution in [3.05, 3.63) is 59.7 Å². The molecule has 0 spiro atoms. The van der Waals surface area contributed by atoms with Crippen LogP contribution in [0.3, 0.4) is 0 Å². The van der Waals surface area contributed by atoms with E-state index in [9.17, 15) is 19.5 Å². The lowest BCUT2D eigenvalue weighted by atomic mass is 9.98. The molecule has 1 aliphatic heterocycles. The predicted octanol–water partition coefficient (Wildman–Crippen LogP) is 3.20. The maximum Gasteiger partial charge on any atom is 0.407 e. The molecule has 1 aliphatic carbocycles. The molecule has 3 atom stereocenters. The van der Waals surface area contributed by atoms with Crippen molar-refractivity contribution < 1.29 is 29.0 Å². The maximum atomic E-state index is 13.2. The number of benzene rings is 2. The second-order valence-corrected chi connectivity index (χ2v) is 9.75. The van der Waals surface area contributed by atoms with Gasteiger partial charge in [0.15, 0.2) is 0 Å². The Morgan fingerprint density at radius 2 is 1.71 bits per heavy atom. The molecule has 1 fully saturated rings. The van der Waals surface area contributed by atoms with Crippen molar-refractivity contribution in [3.63, 3.8) is 0 Å². The summed E-state index contributed by atoms with van der Waals surface area (Å²) in [6.07, 6.45) is 1.10. The lowest BCUT2D eigenvalue weighted by Gasteiger charge is -2.24. The highest BCUT2D eigenvalue weighted by molar-refractivity contribution is 7.98. The van der Waals surface area contributed by atoms with Gasteiger partial charge in [-0.15, -0.1) is 0 Å². The van der Waals surface area contributed by atoms with Crippen molar-refractivity contribution in [1.82, 2.24) is 10.2 Å². The lowest BCUT2D eigenvalue weighted by Crippen LogP contribution is -2.48. The van der Waals surface area contributed by atoms with Gasteiger partial charge in [0.25, 0.3) is 0 Å². The fourth-order valence-electron chi connectivity index (χ4n) is 4.93. The number of carboxylic acids is 1. The highest BCUT2D eigenvalue weighted by Gasteiger charge is 2.42. The summed E-state index contributed by atoms with van der Waals surface area (Å²) in [5.41, 5.74) is 4.50. The number of nitrogens with zero attached hydrogens (tertiary/aromatic N) is 1. The Morgan fingerprint density at radius 3 is 2.26 bits per heavy atom. The number of hydrogen-bond acceptors (Lipinski definition) is 6. The molecule has 0 aromatic heterocycles. The molecule has 2 aromatic carbocycles. The number of thioether (sulfide) groups is 1. The zero-order chi connectivity index (χ0) is 24.9. The summed E-state index contributed by atoms with van der Waals surface area (Å²) >= 11 is 1.56. The number of hydrogen-bond donors (Lipinski definition) is 2. The maximum absolute atomic E-state index is 13.2. The number of fused-ring (bicyclic) bond motifs is 3. The molecule has 4 rings (SSSR count). The highest BCUT2D eigenvalue weighted by atomic mass is 32.2. The van der Waals surface area contributed by atoms with Gasteiger partial charge < -0.3 is 24.8 Å². The molecule has 2 unspecified atom stereocenters. The Balaban J connectivity index is 1.41. The van der Waals surface area contributed by atoms with E-state index in [1.807, 2.05) is 42.7 Å². The second-order valence-electron chi connectivity index (χ2n) is 8.77. The van der Waals surface area contributed by atoms with Gasteiger partial charge in [-0.05, 0) is 40.7 Å². The average molecular weight is 499 g/mol. The van der Waals surface area contributed by atoms with Crippen LogP contribution in [-0.2, 0) is 19.1 Å². The van der Waals surface area contributed by atoms with Gasteiger partial charge in [0.2, 0.25) is 5.91 Å². The minimum atomic E-state index is -1.00. The lowest BCUT2D eigenvalue weighted by molar-refractivity contribution is -0.144. The van der Waals surface area contributed by atoms with E-state index in [0.29, 0.717) is 12.2 Å². The third-order valence-corrected chi connectivity index (χ3v) is 7.39. The third-order valence-electron chi connectivity index (χ3n) is 6.74. The Hall–Kier alpha value is -3.04. The number of amides is 2. The Labute approximate surface area is 209 Å². The van der Waals surface area contributed by atoms with E-state index in [-0.39, 0.29) is 31.5 Å². The number of rotatable bonds is 9. The van der Waals surface area contributed by atoms with Gasteiger partial charge in [0.1, 0.15) is 18.6 Å². The minimum Gasteiger partial charge on any atom is -0.481 e. The molecule has 0 radical (unpaired) electrons. The number of methoxy groups -OCH3 is 1. The largest absolute Gasteiger partial charge is 0.481 e. The molecule has 2 aromatic rings. The summed E-state index contributed by atoms with van der Waals surface area (Å²) in [5.74, 6) is -1.54. The topological polar surface area (TPSA) is 105 Å². The normalized spacial score (nSPS) is 19.7. The Kier molecular flexibility index (Phi) is 7.97. The summed E-state index contributed by atoms with van der Waals surface area (Å²) in [4.78, 5) is 39.0. The number of aliphatic carboxylic acids is 1. The van der Waals surface area contributed by atoms with E-state index in [2.05, 4.69) is 17.4 Å². The van der Waals surface area contributed by atoms with Crippen molar-refractivity contribution in [2.45, 2.75) is 24.5 Å². The minimum absolute atomic E-state index is 0.0504. The van der Waals surface area contributed by atoms with E-state index in [0.717, 1.165) is 22.3 Å². The second kappa shape index (κ2) is 11.1. The first-order valence-corrected chi connectivity index (χ1v) is 13.0. The highest BCUT2D eigenvalue weighted by Crippen LogP contribution is 2.44.